The molecule has 0 N–H and O–H groups in total. The Hall–Kier alpha value is -1.87. The number of halogens is 1. The summed E-state index contributed by atoms with van der Waals surface area (Å²) in [5.41, 5.74) is 1.16. The molecular formula is C19H17ClN2O4S2. The van der Waals surface area contributed by atoms with Gasteiger partial charge in [-0.15, -0.1) is 11.8 Å². The molecule has 2 heterocycles. The number of thioether (sulfide) groups is 1. The maximum Gasteiger partial charge on any atom is 0.244 e. The number of carbonyl (C=O) groups excluding carboxylic acids is 2. The monoisotopic (exact) mass is 436 g/mol. The van der Waals surface area contributed by atoms with Gasteiger partial charge < -0.3 is 0 Å². The Balaban J connectivity index is 1.64. The van der Waals surface area contributed by atoms with Gasteiger partial charge in [0.05, 0.1) is 16.0 Å². The zero-order valence-corrected chi connectivity index (χ0v) is 17.1. The Morgan fingerprint density at radius 1 is 0.964 bits per heavy atom. The Bertz CT molecular complexity index is 1020. The quantitative estimate of drug-likeness (QED) is 0.686. The first-order chi connectivity index (χ1) is 13.4. The van der Waals surface area contributed by atoms with Gasteiger partial charge in [-0.05, 0) is 35.9 Å². The van der Waals surface area contributed by atoms with E-state index >= 15 is 0 Å². The Labute approximate surface area is 172 Å². The Morgan fingerprint density at radius 3 is 2.25 bits per heavy atom. The Kier molecular flexibility index (Phi) is 5.22. The molecule has 2 amide bonds. The molecule has 0 spiro atoms. The highest BCUT2D eigenvalue weighted by Gasteiger charge is 2.38. The second-order valence-corrected chi connectivity index (χ2v) is 9.96. The van der Waals surface area contributed by atoms with Crippen molar-refractivity contribution in [2.45, 2.75) is 23.1 Å². The molecule has 146 valence electrons. The molecular weight excluding hydrogens is 420 g/mol. The SMILES string of the molecule is O=C1CCC(=O)N1c1ccc(S(=O)(=O)N2CCSC2c2ccccc2Cl)cc1. The molecule has 9 heteroatoms. The maximum atomic E-state index is 13.2. The van der Waals surface area contributed by atoms with Crippen LogP contribution in [0.1, 0.15) is 23.8 Å². The summed E-state index contributed by atoms with van der Waals surface area (Å²) < 4.78 is 27.9. The highest BCUT2D eigenvalue weighted by atomic mass is 35.5. The molecule has 0 aromatic heterocycles. The summed E-state index contributed by atoms with van der Waals surface area (Å²) in [4.78, 5) is 25.0. The molecule has 1 unspecified atom stereocenters. The van der Waals surface area contributed by atoms with Gasteiger partial charge in [-0.25, -0.2) is 8.42 Å². The molecule has 4 rings (SSSR count). The summed E-state index contributed by atoms with van der Waals surface area (Å²) in [6.07, 6.45) is 0.368. The van der Waals surface area contributed by atoms with Gasteiger partial charge in [-0.2, -0.15) is 4.31 Å². The molecule has 2 aromatic rings. The fourth-order valence-electron chi connectivity index (χ4n) is 3.39. The predicted molar refractivity (Wildman–Crippen MR) is 109 cm³/mol. The van der Waals surface area contributed by atoms with Gasteiger partial charge >= 0.3 is 0 Å². The lowest BCUT2D eigenvalue weighted by molar-refractivity contribution is -0.121. The number of hydrogen-bond donors (Lipinski definition) is 0. The Morgan fingerprint density at radius 2 is 1.61 bits per heavy atom. The fraction of sp³-hybridized carbons (Fsp3) is 0.263. The molecule has 6 nitrogen and oxygen atoms in total. The number of hydrogen-bond acceptors (Lipinski definition) is 5. The van der Waals surface area contributed by atoms with E-state index in [1.54, 1.807) is 6.07 Å². The molecule has 2 saturated heterocycles. The summed E-state index contributed by atoms with van der Waals surface area (Å²) >= 11 is 7.81. The van der Waals surface area contributed by atoms with E-state index in [-0.39, 0.29) is 34.9 Å². The van der Waals surface area contributed by atoms with Crippen LogP contribution in [-0.4, -0.2) is 36.8 Å². The van der Waals surface area contributed by atoms with Gasteiger partial charge in [0, 0.05) is 30.2 Å². The first-order valence-electron chi connectivity index (χ1n) is 8.73. The second kappa shape index (κ2) is 7.51. The number of anilines is 1. The van der Waals surface area contributed by atoms with Gasteiger partial charge in [0.15, 0.2) is 0 Å². The maximum absolute atomic E-state index is 13.2. The van der Waals surface area contributed by atoms with E-state index in [4.69, 9.17) is 11.6 Å². The minimum Gasteiger partial charge on any atom is -0.274 e. The zero-order chi connectivity index (χ0) is 19.9. The molecule has 0 bridgehead atoms. The number of imide groups is 1. The zero-order valence-electron chi connectivity index (χ0n) is 14.7. The van der Waals surface area contributed by atoms with Gasteiger partial charge in [0.1, 0.15) is 0 Å². The van der Waals surface area contributed by atoms with Crippen LogP contribution in [0.5, 0.6) is 0 Å². The highest BCUT2D eigenvalue weighted by Crippen LogP contribution is 2.43. The van der Waals surface area contributed by atoms with E-state index in [1.165, 1.54) is 40.3 Å². The summed E-state index contributed by atoms with van der Waals surface area (Å²) in [6.45, 7) is 0.383. The number of sulfonamides is 1. The lowest BCUT2D eigenvalue weighted by atomic mass is 10.2. The fourth-order valence-corrected chi connectivity index (χ4v) is 6.96. The minimum absolute atomic E-state index is 0.120. The normalized spacial score (nSPS) is 20.9. The van der Waals surface area contributed by atoms with Crippen molar-refractivity contribution in [3.05, 3.63) is 59.1 Å². The van der Waals surface area contributed by atoms with Crippen LogP contribution in [0, 0.1) is 0 Å². The van der Waals surface area contributed by atoms with Gasteiger partial charge in [0.2, 0.25) is 21.8 Å². The standard InChI is InChI=1S/C19H17ClN2O4S2/c20-16-4-2-1-3-15(16)19-21(11-12-27-19)28(25,26)14-7-5-13(6-8-14)22-17(23)9-10-18(22)24/h1-8,19H,9-12H2. The third kappa shape index (κ3) is 3.34. The number of nitrogens with zero attached hydrogens (tertiary/aromatic N) is 2. The number of carbonyl (C=O) groups is 2. The van der Waals surface area contributed by atoms with Crippen LogP contribution in [0.3, 0.4) is 0 Å². The summed E-state index contributed by atoms with van der Waals surface area (Å²) in [6, 6.07) is 13.1. The van der Waals surface area contributed by atoms with Crippen molar-refractivity contribution in [3.63, 3.8) is 0 Å². The molecule has 2 aliphatic heterocycles. The molecule has 0 aliphatic carbocycles. The van der Waals surface area contributed by atoms with E-state index in [1.807, 2.05) is 18.2 Å². The van der Waals surface area contributed by atoms with Gasteiger partial charge in [-0.3, -0.25) is 14.5 Å². The molecule has 1 atom stereocenters. The lowest BCUT2D eigenvalue weighted by Gasteiger charge is -2.24. The molecule has 0 saturated carbocycles. The van der Waals surface area contributed by atoms with E-state index in [0.717, 1.165) is 10.5 Å². The van der Waals surface area contributed by atoms with Crippen LogP contribution in [0.2, 0.25) is 5.02 Å². The van der Waals surface area contributed by atoms with E-state index in [9.17, 15) is 18.0 Å². The first-order valence-corrected chi connectivity index (χ1v) is 11.6. The van der Waals surface area contributed by atoms with Gasteiger partial charge in [-0.1, -0.05) is 29.8 Å². The third-order valence-corrected chi connectivity index (χ3v) is 8.37. The smallest absolute Gasteiger partial charge is 0.244 e. The number of benzene rings is 2. The minimum atomic E-state index is -3.75. The van der Waals surface area contributed by atoms with Crippen molar-refractivity contribution in [3.8, 4) is 0 Å². The van der Waals surface area contributed by atoms with Gasteiger partial charge in [0.25, 0.3) is 0 Å². The van der Waals surface area contributed by atoms with E-state index < -0.39 is 10.0 Å². The molecule has 28 heavy (non-hydrogen) atoms. The van der Waals surface area contributed by atoms with E-state index in [0.29, 0.717) is 23.0 Å². The summed E-state index contributed by atoms with van der Waals surface area (Å²) in [7, 11) is -3.75. The second-order valence-electron chi connectivity index (χ2n) is 6.48. The summed E-state index contributed by atoms with van der Waals surface area (Å²) in [5, 5.41) is 0.142. The number of amides is 2. The molecule has 2 aromatic carbocycles. The van der Waals surface area contributed by atoms with Crippen LogP contribution < -0.4 is 4.90 Å². The third-order valence-electron chi connectivity index (χ3n) is 4.77. The molecule has 2 fully saturated rings. The van der Waals surface area contributed by atoms with Crippen molar-refractivity contribution >= 4 is 50.9 Å². The average molecular weight is 437 g/mol. The van der Waals surface area contributed by atoms with Crippen LogP contribution in [0.25, 0.3) is 0 Å². The van der Waals surface area contributed by atoms with Crippen molar-refractivity contribution in [2.75, 3.05) is 17.2 Å². The lowest BCUT2D eigenvalue weighted by Crippen LogP contribution is -2.31. The van der Waals surface area contributed by atoms with Crippen LogP contribution in [-0.2, 0) is 19.6 Å². The topological polar surface area (TPSA) is 74.8 Å². The van der Waals surface area contributed by atoms with Crippen LogP contribution in [0.4, 0.5) is 5.69 Å². The predicted octanol–water partition coefficient (Wildman–Crippen LogP) is 3.43. The van der Waals surface area contributed by atoms with Crippen molar-refractivity contribution < 1.29 is 18.0 Å². The first kappa shape index (κ1) is 19.4. The van der Waals surface area contributed by atoms with E-state index in [2.05, 4.69) is 0 Å². The average Bonchev–Trinajstić information content (AvgIpc) is 3.29. The number of rotatable bonds is 4. The largest absolute Gasteiger partial charge is 0.274 e. The van der Waals surface area contributed by atoms with Crippen molar-refractivity contribution in [2.24, 2.45) is 0 Å². The van der Waals surface area contributed by atoms with Crippen LogP contribution >= 0.6 is 23.4 Å². The van der Waals surface area contributed by atoms with Crippen LogP contribution in [0.15, 0.2) is 53.4 Å². The van der Waals surface area contributed by atoms with Crippen molar-refractivity contribution in [1.29, 1.82) is 0 Å². The highest BCUT2D eigenvalue weighted by molar-refractivity contribution is 8.01. The molecule has 2 aliphatic rings. The molecule has 0 radical (unpaired) electrons. The summed E-state index contributed by atoms with van der Waals surface area (Å²) in [5.74, 6) is 0.134. The van der Waals surface area contributed by atoms with Crippen molar-refractivity contribution in [1.82, 2.24) is 4.31 Å².